The van der Waals surface area contributed by atoms with Gasteiger partial charge in [-0.05, 0) is 43.2 Å². The van der Waals surface area contributed by atoms with Gasteiger partial charge in [-0.25, -0.2) is 0 Å². The van der Waals surface area contributed by atoms with E-state index >= 15 is 0 Å². The van der Waals surface area contributed by atoms with Crippen LogP contribution in [0.1, 0.15) is 23.1 Å². The maximum atomic E-state index is 6.05. The van der Waals surface area contributed by atoms with Gasteiger partial charge in [0.25, 0.3) is 0 Å². The second-order valence-corrected chi connectivity index (χ2v) is 7.31. The lowest BCUT2D eigenvalue weighted by molar-refractivity contribution is 0.0124. The standard InChI is InChI=1S/C21H29ClN4O2.HI/c1-16-6-7-20(28-16)19(26-10-12-27-13-11-26)15-25-21(23-2)24-9-8-17-4-3-5-18(22)14-17;/h3-7,14,19H,8-13,15H2,1-2H3,(H2,23,24,25);1H. The van der Waals surface area contributed by atoms with Crippen LogP contribution in [0.2, 0.25) is 5.02 Å². The Kier molecular flexibility index (Phi) is 10.3. The number of hydrogen-bond donors (Lipinski definition) is 2. The molecule has 1 unspecified atom stereocenters. The number of nitrogens with one attached hydrogen (secondary N) is 2. The normalized spacial score (nSPS) is 16.2. The van der Waals surface area contributed by atoms with Gasteiger partial charge in [-0.15, -0.1) is 24.0 Å². The number of benzene rings is 1. The fourth-order valence-electron chi connectivity index (χ4n) is 3.36. The molecule has 1 aromatic carbocycles. The van der Waals surface area contributed by atoms with Crippen molar-refractivity contribution in [3.63, 3.8) is 0 Å². The van der Waals surface area contributed by atoms with Crippen molar-refractivity contribution in [3.8, 4) is 0 Å². The summed E-state index contributed by atoms with van der Waals surface area (Å²) in [6, 6.07) is 12.2. The SMILES string of the molecule is CN=C(NCCc1cccc(Cl)c1)NCC(c1ccc(C)o1)N1CCOCC1.I. The molecule has 3 rings (SSSR count). The van der Waals surface area contributed by atoms with E-state index in [-0.39, 0.29) is 30.0 Å². The largest absolute Gasteiger partial charge is 0.465 e. The quantitative estimate of drug-likeness (QED) is 0.324. The second kappa shape index (κ2) is 12.4. The minimum absolute atomic E-state index is 0. The first-order valence-electron chi connectivity index (χ1n) is 9.73. The van der Waals surface area contributed by atoms with Crippen LogP contribution < -0.4 is 10.6 Å². The third-order valence-electron chi connectivity index (χ3n) is 4.86. The fraction of sp³-hybridized carbons (Fsp3) is 0.476. The highest BCUT2D eigenvalue weighted by Gasteiger charge is 2.25. The topological polar surface area (TPSA) is 62.0 Å². The van der Waals surface area contributed by atoms with Gasteiger partial charge in [0.15, 0.2) is 5.96 Å². The van der Waals surface area contributed by atoms with E-state index < -0.39 is 0 Å². The van der Waals surface area contributed by atoms with E-state index in [4.69, 9.17) is 20.8 Å². The third kappa shape index (κ3) is 7.47. The van der Waals surface area contributed by atoms with Crippen molar-refractivity contribution in [2.75, 3.05) is 46.4 Å². The van der Waals surface area contributed by atoms with E-state index in [0.717, 1.165) is 61.8 Å². The molecule has 1 aliphatic heterocycles. The molecule has 1 saturated heterocycles. The molecule has 0 amide bonds. The number of aliphatic imine (C=N–C) groups is 1. The van der Waals surface area contributed by atoms with Gasteiger partial charge in [-0.2, -0.15) is 0 Å². The van der Waals surface area contributed by atoms with Gasteiger partial charge in [0.1, 0.15) is 11.5 Å². The molecule has 0 aliphatic carbocycles. The Morgan fingerprint density at radius 1 is 1.21 bits per heavy atom. The zero-order valence-electron chi connectivity index (χ0n) is 17.0. The van der Waals surface area contributed by atoms with Crippen LogP contribution in [-0.2, 0) is 11.2 Å². The molecule has 1 aliphatic rings. The molecule has 160 valence electrons. The Bertz CT molecular complexity index is 778. The van der Waals surface area contributed by atoms with E-state index in [1.807, 2.05) is 31.2 Å². The average Bonchev–Trinajstić information content (AvgIpc) is 3.13. The van der Waals surface area contributed by atoms with Gasteiger partial charge in [0.05, 0.1) is 19.3 Å². The number of hydrogen-bond acceptors (Lipinski definition) is 4. The molecule has 1 atom stereocenters. The molecular weight excluding hydrogens is 503 g/mol. The molecule has 2 aromatic rings. The highest BCUT2D eigenvalue weighted by atomic mass is 127. The first kappa shape index (κ1) is 24.0. The Morgan fingerprint density at radius 2 is 2.00 bits per heavy atom. The van der Waals surface area contributed by atoms with Gasteiger partial charge in [0.2, 0.25) is 0 Å². The number of morpholine rings is 1. The summed E-state index contributed by atoms with van der Waals surface area (Å²) in [6.07, 6.45) is 0.880. The molecule has 8 heteroatoms. The monoisotopic (exact) mass is 532 g/mol. The lowest BCUT2D eigenvalue weighted by atomic mass is 10.1. The minimum Gasteiger partial charge on any atom is -0.465 e. The highest BCUT2D eigenvalue weighted by molar-refractivity contribution is 14.0. The van der Waals surface area contributed by atoms with Gasteiger partial charge in [-0.3, -0.25) is 9.89 Å². The van der Waals surface area contributed by atoms with Crippen molar-refractivity contribution in [3.05, 3.63) is 58.5 Å². The lowest BCUT2D eigenvalue weighted by Crippen LogP contribution is -2.46. The first-order valence-corrected chi connectivity index (χ1v) is 10.1. The Morgan fingerprint density at radius 3 is 2.66 bits per heavy atom. The van der Waals surface area contributed by atoms with Gasteiger partial charge in [0, 0.05) is 38.2 Å². The zero-order valence-corrected chi connectivity index (χ0v) is 20.1. The molecule has 0 spiro atoms. The van der Waals surface area contributed by atoms with Crippen LogP contribution >= 0.6 is 35.6 Å². The number of furan rings is 1. The molecule has 0 saturated carbocycles. The van der Waals surface area contributed by atoms with Crippen molar-refractivity contribution < 1.29 is 9.15 Å². The molecule has 6 nitrogen and oxygen atoms in total. The van der Waals surface area contributed by atoms with Crippen LogP contribution in [0.3, 0.4) is 0 Å². The predicted molar refractivity (Wildman–Crippen MR) is 129 cm³/mol. The summed E-state index contributed by atoms with van der Waals surface area (Å²) in [7, 11) is 1.79. The predicted octanol–water partition coefficient (Wildman–Crippen LogP) is 3.64. The van der Waals surface area contributed by atoms with Gasteiger partial charge < -0.3 is 19.8 Å². The van der Waals surface area contributed by atoms with E-state index in [0.29, 0.717) is 6.54 Å². The summed E-state index contributed by atoms with van der Waals surface area (Å²) < 4.78 is 11.4. The van der Waals surface area contributed by atoms with Crippen LogP contribution in [0.25, 0.3) is 0 Å². The maximum Gasteiger partial charge on any atom is 0.191 e. The van der Waals surface area contributed by atoms with Gasteiger partial charge >= 0.3 is 0 Å². The van der Waals surface area contributed by atoms with E-state index in [1.165, 1.54) is 5.56 Å². The summed E-state index contributed by atoms with van der Waals surface area (Å²) in [5.41, 5.74) is 1.20. The molecule has 1 aromatic heterocycles. The first-order chi connectivity index (χ1) is 13.7. The molecule has 0 bridgehead atoms. The Balaban J connectivity index is 0.00000300. The number of ether oxygens (including phenoxy) is 1. The lowest BCUT2D eigenvalue weighted by Gasteiger charge is -2.33. The van der Waals surface area contributed by atoms with Gasteiger partial charge in [-0.1, -0.05) is 23.7 Å². The number of rotatable bonds is 7. The van der Waals surface area contributed by atoms with Crippen LogP contribution in [-0.4, -0.2) is 57.3 Å². The Labute approximate surface area is 195 Å². The van der Waals surface area contributed by atoms with E-state index in [9.17, 15) is 0 Å². The van der Waals surface area contributed by atoms with Crippen LogP contribution in [0.5, 0.6) is 0 Å². The average molecular weight is 533 g/mol. The van der Waals surface area contributed by atoms with E-state index in [2.05, 4.69) is 32.7 Å². The number of guanidine groups is 1. The summed E-state index contributed by atoms with van der Waals surface area (Å²) in [6.45, 7) is 6.76. The summed E-state index contributed by atoms with van der Waals surface area (Å²) in [5.74, 6) is 2.68. The van der Waals surface area contributed by atoms with Crippen LogP contribution in [0.4, 0.5) is 0 Å². The summed E-state index contributed by atoms with van der Waals surface area (Å²) >= 11 is 6.05. The molecule has 2 heterocycles. The van der Waals surface area contributed by atoms with Crippen LogP contribution in [0, 0.1) is 6.92 Å². The molecule has 29 heavy (non-hydrogen) atoms. The Hall–Kier alpha value is -1.29. The second-order valence-electron chi connectivity index (χ2n) is 6.87. The van der Waals surface area contributed by atoms with E-state index in [1.54, 1.807) is 7.05 Å². The number of aryl methyl sites for hydroxylation is 1. The van der Waals surface area contributed by atoms with Crippen molar-refractivity contribution in [1.82, 2.24) is 15.5 Å². The smallest absolute Gasteiger partial charge is 0.191 e. The number of halogens is 2. The van der Waals surface area contributed by atoms with Crippen molar-refractivity contribution in [2.45, 2.75) is 19.4 Å². The molecule has 2 N–H and O–H groups in total. The maximum absolute atomic E-state index is 6.05. The zero-order chi connectivity index (χ0) is 19.8. The van der Waals surface area contributed by atoms with Crippen molar-refractivity contribution in [2.24, 2.45) is 4.99 Å². The minimum atomic E-state index is 0. The van der Waals surface area contributed by atoms with Crippen LogP contribution in [0.15, 0.2) is 45.8 Å². The third-order valence-corrected chi connectivity index (χ3v) is 5.09. The summed E-state index contributed by atoms with van der Waals surface area (Å²) in [4.78, 5) is 6.74. The fourth-order valence-corrected chi connectivity index (χ4v) is 3.58. The summed E-state index contributed by atoms with van der Waals surface area (Å²) in [5, 5.41) is 7.58. The molecule has 1 fully saturated rings. The number of nitrogens with zero attached hydrogens (tertiary/aromatic N) is 2. The van der Waals surface area contributed by atoms with Crippen molar-refractivity contribution in [1.29, 1.82) is 0 Å². The molecular formula is C21H30ClIN4O2. The molecule has 0 radical (unpaired) electrons. The highest BCUT2D eigenvalue weighted by Crippen LogP contribution is 2.23. The van der Waals surface area contributed by atoms with Crippen molar-refractivity contribution >= 4 is 41.5 Å².